The molecule has 4 aromatic rings. The molecular formula is C18H17N7S. The fourth-order valence-corrected chi connectivity index (χ4v) is 3.60. The highest BCUT2D eigenvalue weighted by atomic mass is 32.2. The van der Waals surface area contributed by atoms with Gasteiger partial charge < -0.3 is 0 Å². The Bertz CT molecular complexity index is 1020. The number of benzene rings is 2. The van der Waals surface area contributed by atoms with Gasteiger partial charge in [0.2, 0.25) is 0 Å². The first-order valence-electron chi connectivity index (χ1n) is 8.17. The van der Waals surface area contributed by atoms with Crippen molar-refractivity contribution in [2.24, 2.45) is 0 Å². The van der Waals surface area contributed by atoms with Crippen molar-refractivity contribution in [2.45, 2.75) is 24.8 Å². The lowest BCUT2D eigenvalue weighted by Crippen LogP contribution is -2.03. The molecule has 0 aliphatic rings. The Labute approximate surface area is 155 Å². The van der Waals surface area contributed by atoms with Gasteiger partial charge in [-0.1, -0.05) is 42.1 Å². The highest BCUT2D eigenvalue weighted by molar-refractivity contribution is 7.98. The van der Waals surface area contributed by atoms with Gasteiger partial charge in [0.15, 0.2) is 11.0 Å². The Morgan fingerprint density at radius 3 is 2.50 bits per heavy atom. The highest BCUT2D eigenvalue weighted by Gasteiger charge is 2.14. The quantitative estimate of drug-likeness (QED) is 0.507. The summed E-state index contributed by atoms with van der Waals surface area (Å²) in [7, 11) is 0. The van der Waals surface area contributed by atoms with Gasteiger partial charge in [0.05, 0.1) is 11.4 Å². The molecule has 2 heterocycles. The summed E-state index contributed by atoms with van der Waals surface area (Å²) in [6, 6.07) is 18.1. The third-order valence-corrected chi connectivity index (χ3v) is 4.85. The zero-order valence-corrected chi connectivity index (χ0v) is 15.3. The number of rotatable bonds is 5. The molecule has 0 radical (unpaired) electrons. The Kier molecular flexibility index (Phi) is 4.49. The molecule has 0 N–H and O–H groups in total. The van der Waals surface area contributed by atoms with Crippen LogP contribution in [-0.2, 0) is 5.75 Å². The molecule has 0 bridgehead atoms. The molecule has 130 valence electrons. The van der Waals surface area contributed by atoms with Crippen LogP contribution in [-0.4, -0.2) is 35.0 Å². The molecule has 0 amide bonds. The molecule has 0 aliphatic heterocycles. The molecule has 0 fully saturated rings. The molecule has 2 aromatic heterocycles. The third kappa shape index (κ3) is 3.23. The van der Waals surface area contributed by atoms with E-state index >= 15 is 0 Å². The molecule has 26 heavy (non-hydrogen) atoms. The summed E-state index contributed by atoms with van der Waals surface area (Å²) in [6.07, 6.45) is 0. The Balaban J connectivity index is 1.60. The average Bonchev–Trinajstić information content (AvgIpc) is 3.27. The standard InChI is InChI=1S/C18H17N7S/c1-13-7-6-10-16(11-13)24-14(2)19-21-18(24)26-12-17-20-22-23-25(17)15-8-4-3-5-9-15/h3-11H,12H2,1-2H3. The molecule has 0 saturated carbocycles. The first-order valence-corrected chi connectivity index (χ1v) is 9.15. The van der Waals surface area contributed by atoms with Crippen LogP contribution < -0.4 is 0 Å². The van der Waals surface area contributed by atoms with Gasteiger partial charge >= 0.3 is 0 Å². The van der Waals surface area contributed by atoms with E-state index in [1.165, 1.54) is 5.56 Å². The number of tetrazole rings is 1. The van der Waals surface area contributed by atoms with Crippen molar-refractivity contribution in [1.29, 1.82) is 0 Å². The number of para-hydroxylation sites is 1. The fraction of sp³-hybridized carbons (Fsp3) is 0.167. The van der Waals surface area contributed by atoms with Crippen molar-refractivity contribution in [3.05, 3.63) is 71.8 Å². The summed E-state index contributed by atoms with van der Waals surface area (Å²) in [5.41, 5.74) is 3.18. The van der Waals surface area contributed by atoms with Crippen molar-refractivity contribution < 1.29 is 0 Å². The van der Waals surface area contributed by atoms with Gasteiger partial charge in [-0.05, 0) is 54.1 Å². The minimum absolute atomic E-state index is 0.589. The third-order valence-electron chi connectivity index (χ3n) is 3.92. The lowest BCUT2D eigenvalue weighted by atomic mass is 10.2. The lowest BCUT2D eigenvalue weighted by molar-refractivity contribution is 0.777. The smallest absolute Gasteiger partial charge is 0.196 e. The molecule has 0 aliphatic carbocycles. The maximum Gasteiger partial charge on any atom is 0.196 e. The predicted molar refractivity (Wildman–Crippen MR) is 99.5 cm³/mol. The van der Waals surface area contributed by atoms with Crippen LogP contribution in [0.15, 0.2) is 59.8 Å². The molecule has 4 rings (SSSR count). The number of aryl methyl sites for hydroxylation is 2. The summed E-state index contributed by atoms with van der Waals surface area (Å²) in [4.78, 5) is 0. The highest BCUT2D eigenvalue weighted by Crippen LogP contribution is 2.25. The molecule has 8 heteroatoms. The molecule has 0 unspecified atom stereocenters. The molecule has 0 spiro atoms. The van der Waals surface area contributed by atoms with Crippen molar-refractivity contribution in [3.63, 3.8) is 0 Å². The van der Waals surface area contributed by atoms with Crippen molar-refractivity contribution >= 4 is 11.8 Å². The van der Waals surface area contributed by atoms with Crippen LogP contribution in [0.2, 0.25) is 0 Å². The van der Waals surface area contributed by atoms with E-state index in [2.05, 4.69) is 50.8 Å². The van der Waals surface area contributed by atoms with Crippen LogP contribution in [0.3, 0.4) is 0 Å². The minimum Gasteiger partial charge on any atom is -0.274 e. The van der Waals surface area contributed by atoms with E-state index in [-0.39, 0.29) is 0 Å². The molecule has 2 aromatic carbocycles. The van der Waals surface area contributed by atoms with Crippen molar-refractivity contribution in [1.82, 2.24) is 35.0 Å². The summed E-state index contributed by atoms with van der Waals surface area (Å²) >= 11 is 1.56. The van der Waals surface area contributed by atoms with Crippen LogP contribution in [0, 0.1) is 13.8 Å². The number of hydrogen-bond donors (Lipinski definition) is 0. The van der Waals surface area contributed by atoms with Gasteiger partial charge in [-0.3, -0.25) is 4.57 Å². The van der Waals surface area contributed by atoms with E-state index in [0.717, 1.165) is 28.2 Å². The summed E-state index contributed by atoms with van der Waals surface area (Å²) < 4.78 is 3.79. The molecule has 0 atom stereocenters. The number of nitrogens with zero attached hydrogens (tertiary/aromatic N) is 7. The second-order valence-electron chi connectivity index (χ2n) is 5.84. The molecular weight excluding hydrogens is 346 g/mol. The van der Waals surface area contributed by atoms with Crippen molar-refractivity contribution in [2.75, 3.05) is 0 Å². The Morgan fingerprint density at radius 2 is 1.69 bits per heavy atom. The second-order valence-corrected chi connectivity index (χ2v) is 6.78. The SMILES string of the molecule is Cc1cccc(-n2c(C)nnc2SCc2nnnn2-c2ccccc2)c1. The van der Waals surface area contributed by atoms with E-state index in [4.69, 9.17) is 0 Å². The fourth-order valence-electron chi connectivity index (χ4n) is 2.70. The van der Waals surface area contributed by atoms with Crippen LogP contribution in [0.25, 0.3) is 11.4 Å². The van der Waals surface area contributed by atoms with E-state index in [1.807, 2.05) is 47.9 Å². The summed E-state index contributed by atoms with van der Waals surface area (Å²) in [6.45, 7) is 4.03. The zero-order valence-electron chi connectivity index (χ0n) is 14.4. The van der Waals surface area contributed by atoms with E-state index in [9.17, 15) is 0 Å². The predicted octanol–water partition coefficient (Wildman–Crippen LogP) is 3.15. The molecule has 0 saturated heterocycles. The first kappa shape index (κ1) is 16.5. The van der Waals surface area contributed by atoms with Gasteiger partial charge in [0.25, 0.3) is 0 Å². The van der Waals surface area contributed by atoms with Crippen LogP contribution >= 0.6 is 11.8 Å². The van der Waals surface area contributed by atoms with Gasteiger partial charge in [-0.25, -0.2) is 0 Å². The number of aromatic nitrogens is 7. The van der Waals surface area contributed by atoms with Gasteiger partial charge in [-0.2, -0.15) is 4.68 Å². The van der Waals surface area contributed by atoms with Crippen LogP contribution in [0.5, 0.6) is 0 Å². The number of thioether (sulfide) groups is 1. The Morgan fingerprint density at radius 1 is 0.885 bits per heavy atom. The molecule has 7 nitrogen and oxygen atoms in total. The normalized spacial score (nSPS) is 11.0. The van der Waals surface area contributed by atoms with Crippen LogP contribution in [0.4, 0.5) is 0 Å². The first-order chi connectivity index (χ1) is 12.7. The monoisotopic (exact) mass is 363 g/mol. The van der Waals surface area contributed by atoms with Crippen LogP contribution in [0.1, 0.15) is 17.2 Å². The van der Waals surface area contributed by atoms with E-state index in [0.29, 0.717) is 5.75 Å². The second kappa shape index (κ2) is 7.09. The minimum atomic E-state index is 0.589. The summed E-state index contributed by atoms with van der Waals surface area (Å²) in [5, 5.41) is 21.4. The average molecular weight is 363 g/mol. The Hall–Kier alpha value is -3.00. The van der Waals surface area contributed by atoms with Gasteiger partial charge in [0, 0.05) is 5.69 Å². The maximum atomic E-state index is 4.32. The summed E-state index contributed by atoms with van der Waals surface area (Å²) in [5.74, 6) is 2.20. The largest absolute Gasteiger partial charge is 0.274 e. The number of hydrogen-bond acceptors (Lipinski definition) is 6. The maximum absolute atomic E-state index is 4.32. The zero-order chi connectivity index (χ0) is 17.9. The van der Waals surface area contributed by atoms with Gasteiger partial charge in [0.1, 0.15) is 5.82 Å². The van der Waals surface area contributed by atoms with E-state index in [1.54, 1.807) is 16.4 Å². The van der Waals surface area contributed by atoms with Gasteiger partial charge in [-0.15, -0.1) is 15.3 Å². The van der Waals surface area contributed by atoms with E-state index < -0.39 is 0 Å². The van der Waals surface area contributed by atoms with Crippen molar-refractivity contribution in [3.8, 4) is 11.4 Å². The lowest BCUT2D eigenvalue weighted by Gasteiger charge is -2.09. The topological polar surface area (TPSA) is 74.3 Å².